The second kappa shape index (κ2) is 6.89. The van der Waals surface area contributed by atoms with Crippen molar-refractivity contribution in [3.8, 4) is 27.6 Å². The number of hydrogen-bond donors (Lipinski definition) is 0. The fourth-order valence-corrected chi connectivity index (χ4v) is 3.70. The molecule has 0 amide bonds. The zero-order valence-electron chi connectivity index (χ0n) is 13.8. The lowest BCUT2D eigenvalue weighted by Crippen LogP contribution is -2.03. The molecule has 0 aliphatic heterocycles. The van der Waals surface area contributed by atoms with Gasteiger partial charge in [-0.1, -0.05) is 19.1 Å². The molecule has 2 aromatic carbocycles. The van der Waals surface area contributed by atoms with Gasteiger partial charge in [0, 0.05) is 0 Å². The van der Waals surface area contributed by atoms with Gasteiger partial charge in [0.05, 0.1) is 38.3 Å². The Bertz CT molecular complexity index is 1020. The lowest BCUT2D eigenvalue weighted by atomic mass is 9.98. The van der Waals surface area contributed by atoms with Crippen LogP contribution in [-0.2, 0) is 6.42 Å². The Morgan fingerprint density at radius 2 is 1.65 bits per heavy atom. The molecule has 7 heteroatoms. The van der Waals surface area contributed by atoms with Gasteiger partial charge >= 0.3 is 0 Å². The minimum atomic E-state index is -1.50. The Labute approximate surface area is 151 Å². The predicted octanol–water partition coefficient (Wildman–Crippen LogP) is 5.78. The maximum absolute atomic E-state index is 14.7. The predicted molar refractivity (Wildman–Crippen MR) is 91.6 cm³/mol. The van der Waals surface area contributed by atoms with Crippen LogP contribution in [0.1, 0.15) is 23.2 Å². The number of rotatable bonds is 3. The molecule has 0 N–H and O–H groups in total. The number of halogens is 4. The van der Waals surface area contributed by atoms with Gasteiger partial charge in [-0.25, -0.2) is 22.5 Å². The molecule has 0 saturated carbocycles. The first kappa shape index (κ1) is 18.1. The molecule has 2 nitrogen and oxygen atoms in total. The molecule has 0 unspecified atom stereocenters. The first-order chi connectivity index (χ1) is 12.4. The van der Waals surface area contributed by atoms with Crippen molar-refractivity contribution < 1.29 is 17.6 Å². The standard InChI is InChI=1S/C19H12F4N2S/c1-3-12-25-9(2)19(26-12)14-17(22)15(20)13(16(21)18(14)23)11-6-4-5-10(7-11)8-24/h4-7H,3H2,1-2H3. The van der Waals surface area contributed by atoms with Gasteiger partial charge in [0.2, 0.25) is 0 Å². The molecule has 132 valence electrons. The van der Waals surface area contributed by atoms with Crippen molar-refractivity contribution in [1.82, 2.24) is 4.98 Å². The highest BCUT2D eigenvalue weighted by Crippen LogP contribution is 2.40. The Morgan fingerprint density at radius 1 is 1.04 bits per heavy atom. The summed E-state index contributed by atoms with van der Waals surface area (Å²) in [5.74, 6) is -5.95. The van der Waals surface area contributed by atoms with E-state index in [0.717, 1.165) is 11.3 Å². The van der Waals surface area contributed by atoms with Crippen molar-refractivity contribution in [2.24, 2.45) is 0 Å². The molecule has 3 rings (SSSR count). The highest BCUT2D eigenvalue weighted by Gasteiger charge is 2.29. The lowest BCUT2D eigenvalue weighted by Gasteiger charge is -2.12. The van der Waals surface area contributed by atoms with Crippen LogP contribution in [0.3, 0.4) is 0 Å². The van der Waals surface area contributed by atoms with E-state index in [4.69, 9.17) is 5.26 Å². The number of benzene rings is 2. The molecule has 0 saturated heterocycles. The molecule has 0 radical (unpaired) electrons. The number of nitriles is 1. The molecule has 26 heavy (non-hydrogen) atoms. The SMILES string of the molecule is CCc1nc(C)c(-c2c(F)c(F)c(-c3cccc(C#N)c3)c(F)c2F)s1. The van der Waals surface area contributed by atoms with Gasteiger partial charge in [-0.15, -0.1) is 11.3 Å². The van der Waals surface area contributed by atoms with Crippen molar-refractivity contribution in [1.29, 1.82) is 5.26 Å². The third-order valence-electron chi connectivity index (χ3n) is 3.91. The highest BCUT2D eigenvalue weighted by molar-refractivity contribution is 7.15. The number of aromatic nitrogens is 1. The monoisotopic (exact) mass is 376 g/mol. The van der Waals surface area contributed by atoms with E-state index in [1.807, 2.05) is 13.0 Å². The highest BCUT2D eigenvalue weighted by atomic mass is 32.1. The molecule has 0 bridgehead atoms. The van der Waals surface area contributed by atoms with Crippen LogP contribution < -0.4 is 0 Å². The third kappa shape index (κ3) is 2.86. The van der Waals surface area contributed by atoms with Gasteiger partial charge in [-0.2, -0.15) is 5.26 Å². The van der Waals surface area contributed by atoms with E-state index in [1.165, 1.54) is 31.2 Å². The van der Waals surface area contributed by atoms with E-state index < -0.39 is 34.4 Å². The first-order valence-electron chi connectivity index (χ1n) is 7.72. The van der Waals surface area contributed by atoms with Gasteiger partial charge in [0.25, 0.3) is 0 Å². The van der Waals surface area contributed by atoms with Crippen LogP contribution in [-0.4, -0.2) is 4.98 Å². The number of hydrogen-bond acceptors (Lipinski definition) is 3. The first-order valence-corrected chi connectivity index (χ1v) is 8.53. The van der Waals surface area contributed by atoms with Gasteiger partial charge < -0.3 is 0 Å². The van der Waals surface area contributed by atoms with Crippen LogP contribution in [0.25, 0.3) is 21.6 Å². The second-order valence-corrected chi connectivity index (χ2v) is 6.66. The maximum Gasteiger partial charge on any atom is 0.171 e. The smallest absolute Gasteiger partial charge is 0.171 e. The Hall–Kier alpha value is -2.72. The fraction of sp³-hybridized carbons (Fsp3) is 0.158. The molecule has 1 aromatic heterocycles. The Kier molecular flexibility index (Phi) is 4.79. The van der Waals surface area contributed by atoms with Crippen molar-refractivity contribution >= 4 is 11.3 Å². The van der Waals surface area contributed by atoms with E-state index in [9.17, 15) is 17.6 Å². The summed E-state index contributed by atoms with van der Waals surface area (Å²) in [7, 11) is 0. The van der Waals surface area contributed by atoms with Crippen LogP contribution in [0.15, 0.2) is 24.3 Å². The zero-order chi connectivity index (χ0) is 19.0. The summed E-state index contributed by atoms with van der Waals surface area (Å²) in [5, 5.41) is 9.53. The summed E-state index contributed by atoms with van der Waals surface area (Å²) in [5.41, 5.74) is -1.27. The Balaban J connectivity index is 2.29. The average molecular weight is 376 g/mol. The van der Waals surface area contributed by atoms with Crippen LogP contribution >= 0.6 is 11.3 Å². The molecule has 0 spiro atoms. The average Bonchev–Trinajstić information content (AvgIpc) is 3.01. The van der Waals surface area contributed by atoms with Gasteiger partial charge in [-0.05, 0) is 31.0 Å². The van der Waals surface area contributed by atoms with Crippen LogP contribution in [0, 0.1) is 41.5 Å². The van der Waals surface area contributed by atoms with Crippen molar-refractivity contribution in [2.45, 2.75) is 20.3 Å². The number of nitrogens with zero attached hydrogens (tertiary/aromatic N) is 2. The molecule has 0 atom stereocenters. The molecule has 0 aliphatic carbocycles. The van der Waals surface area contributed by atoms with E-state index in [2.05, 4.69) is 4.98 Å². The summed E-state index contributed by atoms with van der Waals surface area (Å²) in [4.78, 5) is 4.22. The maximum atomic E-state index is 14.7. The lowest BCUT2D eigenvalue weighted by molar-refractivity contribution is 0.463. The van der Waals surface area contributed by atoms with Crippen LogP contribution in [0.4, 0.5) is 17.6 Å². The second-order valence-electron chi connectivity index (χ2n) is 5.57. The van der Waals surface area contributed by atoms with Crippen molar-refractivity contribution in [3.63, 3.8) is 0 Å². The molecule has 0 fully saturated rings. The summed E-state index contributed by atoms with van der Waals surface area (Å²) in [6.45, 7) is 3.35. The van der Waals surface area contributed by atoms with Crippen molar-refractivity contribution in [2.75, 3.05) is 0 Å². The van der Waals surface area contributed by atoms with Gasteiger partial charge in [-0.3, -0.25) is 0 Å². The van der Waals surface area contributed by atoms with E-state index in [1.54, 1.807) is 0 Å². The summed E-state index contributed by atoms with van der Waals surface area (Å²) in [6, 6.07) is 7.09. The molecular formula is C19H12F4N2S. The van der Waals surface area contributed by atoms with Crippen molar-refractivity contribution in [3.05, 3.63) is 63.8 Å². The molecule has 1 heterocycles. The van der Waals surface area contributed by atoms with E-state index in [0.29, 0.717) is 17.1 Å². The number of aryl methyl sites for hydroxylation is 2. The normalized spacial score (nSPS) is 10.8. The quantitative estimate of drug-likeness (QED) is 0.429. The minimum Gasteiger partial charge on any atom is -0.246 e. The van der Waals surface area contributed by atoms with E-state index >= 15 is 0 Å². The molecule has 0 aliphatic rings. The topological polar surface area (TPSA) is 36.7 Å². The Morgan fingerprint density at radius 3 is 2.19 bits per heavy atom. The van der Waals surface area contributed by atoms with Crippen LogP contribution in [0.5, 0.6) is 0 Å². The summed E-state index contributed by atoms with van der Waals surface area (Å²) < 4.78 is 58.7. The third-order valence-corrected chi connectivity index (χ3v) is 5.23. The summed E-state index contributed by atoms with van der Waals surface area (Å²) in [6.07, 6.45) is 0.540. The summed E-state index contributed by atoms with van der Waals surface area (Å²) >= 11 is 0.999. The molecule has 3 aromatic rings. The van der Waals surface area contributed by atoms with Crippen LogP contribution in [0.2, 0.25) is 0 Å². The fourth-order valence-electron chi connectivity index (χ4n) is 2.66. The molecular weight excluding hydrogens is 364 g/mol. The van der Waals surface area contributed by atoms with E-state index in [-0.39, 0.29) is 16.0 Å². The largest absolute Gasteiger partial charge is 0.246 e. The minimum absolute atomic E-state index is 0.0620. The number of thiazole rings is 1. The zero-order valence-corrected chi connectivity index (χ0v) is 14.6. The van der Waals surface area contributed by atoms with Gasteiger partial charge in [0.1, 0.15) is 0 Å². The van der Waals surface area contributed by atoms with Gasteiger partial charge in [0.15, 0.2) is 23.3 Å².